The number of fused-ring (bicyclic) bond motifs is 1. The van der Waals surface area contributed by atoms with E-state index in [0.29, 0.717) is 22.9 Å². The van der Waals surface area contributed by atoms with E-state index in [1.165, 1.54) is 0 Å². The maximum absolute atomic E-state index is 12.6. The Kier molecular flexibility index (Phi) is 3.86. The van der Waals surface area contributed by atoms with Crippen molar-refractivity contribution in [2.45, 2.75) is 13.5 Å². The molecular weight excluding hydrogens is 300 g/mol. The normalized spacial score (nSPS) is 10.9. The molecule has 4 nitrogen and oxygen atoms in total. The van der Waals surface area contributed by atoms with Crippen molar-refractivity contribution >= 4 is 28.5 Å². The SMILES string of the molecule is Cc1c(C(=O)N(C)Cc2ccncc2)oc2c(Cl)cccc12. The Hall–Kier alpha value is -2.33. The number of rotatable bonds is 3. The fourth-order valence-corrected chi connectivity index (χ4v) is 2.63. The van der Waals surface area contributed by atoms with Crippen molar-refractivity contribution < 1.29 is 9.21 Å². The van der Waals surface area contributed by atoms with E-state index in [0.717, 1.165) is 16.5 Å². The summed E-state index contributed by atoms with van der Waals surface area (Å²) in [4.78, 5) is 18.2. The molecule has 0 saturated heterocycles. The van der Waals surface area contributed by atoms with E-state index in [-0.39, 0.29) is 5.91 Å². The first-order valence-electron chi connectivity index (χ1n) is 6.90. The Balaban J connectivity index is 1.92. The van der Waals surface area contributed by atoms with E-state index in [2.05, 4.69) is 4.98 Å². The van der Waals surface area contributed by atoms with Crippen LogP contribution in [0.3, 0.4) is 0 Å². The lowest BCUT2D eigenvalue weighted by Gasteiger charge is -2.16. The minimum Gasteiger partial charge on any atom is -0.449 e. The lowest BCUT2D eigenvalue weighted by molar-refractivity contribution is 0.0755. The highest BCUT2D eigenvalue weighted by Crippen LogP contribution is 2.31. The van der Waals surface area contributed by atoms with Crippen LogP contribution in [0.25, 0.3) is 11.0 Å². The fraction of sp³-hybridized carbons (Fsp3) is 0.176. The second kappa shape index (κ2) is 5.81. The monoisotopic (exact) mass is 314 g/mol. The number of aryl methyl sites for hydroxylation is 1. The van der Waals surface area contributed by atoms with Gasteiger partial charge in [-0.25, -0.2) is 0 Å². The van der Waals surface area contributed by atoms with Crippen LogP contribution >= 0.6 is 11.6 Å². The third-order valence-corrected chi connectivity index (χ3v) is 3.92. The Morgan fingerprint density at radius 2 is 2.00 bits per heavy atom. The number of pyridine rings is 1. The number of aromatic nitrogens is 1. The Morgan fingerprint density at radius 1 is 1.27 bits per heavy atom. The molecule has 5 heteroatoms. The van der Waals surface area contributed by atoms with Crippen LogP contribution in [0.1, 0.15) is 21.7 Å². The molecule has 0 aliphatic rings. The van der Waals surface area contributed by atoms with Gasteiger partial charge in [-0.05, 0) is 30.7 Å². The lowest BCUT2D eigenvalue weighted by atomic mass is 10.1. The van der Waals surface area contributed by atoms with Crippen molar-refractivity contribution in [3.63, 3.8) is 0 Å². The number of hydrogen-bond donors (Lipinski definition) is 0. The number of carbonyl (C=O) groups is 1. The van der Waals surface area contributed by atoms with Gasteiger partial charge < -0.3 is 9.32 Å². The lowest BCUT2D eigenvalue weighted by Crippen LogP contribution is -2.26. The van der Waals surface area contributed by atoms with Crippen LogP contribution in [-0.4, -0.2) is 22.8 Å². The van der Waals surface area contributed by atoms with Gasteiger partial charge in [0.05, 0.1) is 5.02 Å². The zero-order valence-electron chi connectivity index (χ0n) is 12.3. The summed E-state index contributed by atoms with van der Waals surface area (Å²) >= 11 is 6.13. The molecule has 0 atom stereocenters. The molecule has 22 heavy (non-hydrogen) atoms. The number of nitrogens with zero attached hydrogens (tertiary/aromatic N) is 2. The smallest absolute Gasteiger partial charge is 0.289 e. The maximum Gasteiger partial charge on any atom is 0.289 e. The molecule has 0 unspecified atom stereocenters. The largest absolute Gasteiger partial charge is 0.449 e. The second-order valence-corrected chi connectivity index (χ2v) is 5.60. The highest BCUT2D eigenvalue weighted by molar-refractivity contribution is 6.35. The van der Waals surface area contributed by atoms with Crippen LogP contribution in [-0.2, 0) is 6.54 Å². The summed E-state index contributed by atoms with van der Waals surface area (Å²) in [5.41, 5.74) is 2.38. The summed E-state index contributed by atoms with van der Waals surface area (Å²) in [6.45, 7) is 2.36. The fourth-order valence-electron chi connectivity index (χ4n) is 2.42. The van der Waals surface area contributed by atoms with Gasteiger partial charge in [-0.15, -0.1) is 0 Å². The topological polar surface area (TPSA) is 46.3 Å². The van der Waals surface area contributed by atoms with Crippen LogP contribution in [0.15, 0.2) is 47.1 Å². The zero-order chi connectivity index (χ0) is 15.7. The maximum atomic E-state index is 12.6. The molecule has 0 fully saturated rings. The van der Waals surface area contributed by atoms with Gasteiger partial charge in [0.2, 0.25) is 0 Å². The Bertz CT molecular complexity index is 827. The summed E-state index contributed by atoms with van der Waals surface area (Å²) in [6, 6.07) is 9.27. The van der Waals surface area contributed by atoms with Crippen LogP contribution < -0.4 is 0 Å². The molecule has 2 aromatic heterocycles. The number of furan rings is 1. The van der Waals surface area contributed by atoms with Crippen molar-refractivity contribution in [1.82, 2.24) is 9.88 Å². The number of benzene rings is 1. The first-order chi connectivity index (χ1) is 10.6. The van der Waals surface area contributed by atoms with Crippen molar-refractivity contribution in [2.24, 2.45) is 0 Å². The van der Waals surface area contributed by atoms with E-state index in [9.17, 15) is 4.79 Å². The molecule has 0 saturated carbocycles. The van der Waals surface area contributed by atoms with E-state index in [4.69, 9.17) is 16.0 Å². The van der Waals surface area contributed by atoms with Gasteiger partial charge in [0.25, 0.3) is 5.91 Å². The Labute approximate surface area is 133 Å². The Morgan fingerprint density at radius 3 is 2.68 bits per heavy atom. The highest BCUT2D eigenvalue weighted by atomic mass is 35.5. The molecular formula is C17H15ClN2O2. The van der Waals surface area contributed by atoms with Gasteiger partial charge in [-0.3, -0.25) is 9.78 Å². The molecule has 0 N–H and O–H groups in total. The molecule has 0 bridgehead atoms. The highest BCUT2D eigenvalue weighted by Gasteiger charge is 2.22. The standard InChI is InChI=1S/C17H15ClN2O2/c1-11-13-4-3-5-14(18)16(13)22-15(11)17(21)20(2)10-12-6-8-19-9-7-12/h3-9H,10H2,1-2H3. The minimum absolute atomic E-state index is 0.165. The van der Waals surface area contributed by atoms with Crippen LogP contribution in [0.4, 0.5) is 0 Å². The molecule has 0 radical (unpaired) electrons. The summed E-state index contributed by atoms with van der Waals surface area (Å²) in [6.07, 6.45) is 3.42. The van der Waals surface area contributed by atoms with Gasteiger partial charge in [0.1, 0.15) is 0 Å². The number of para-hydroxylation sites is 1. The van der Waals surface area contributed by atoms with Gasteiger partial charge >= 0.3 is 0 Å². The van der Waals surface area contributed by atoms with Gasteiger partial charge in [0, 0.05) is 36.9 Å². The predicted molar refractivity (Wildman–Crippen MR) is 86.0 cm³/mol. The quantitative estimate of drug-likeness (QED) is 0.732. The summed E-state index contributed by atoms with van der Waals surface area (Å²) in [5, 5.41) is 1.38. The van der Waals surface area contributed by atoms with Gasteiger partial charge in [-0.2, -0.15) is 0 Å². The molecule has 112 valence electrons. The van der Waals surface area contributed by atoms with E-state index in [1.54, 1.807) is 30.4 Å². The van der Waals surface area contributed by atoms with E-state index < -0.39 is 0 Å². The molecule has 2 heterocycles. The second-order valence-electron chi connectivity index (χ2n) is 5.19. The van der Waals surface area contributed by atoms with E-state index in [1.807, 2.05) is 31.2 Å². The molecule has 0 spiro atoms. The molecule has 1 aromatic carbocycles. The molecule has 0 aliphatic carbocycles. The van der Waals surface area contributed by atoms with Crippen molar-refractivity contribution in [2.75, 3.05) is 7.05 Å². The van der Waals surface area contributed by atoms with Crippen LogP contribution in [0.2, 0.25) is 5.02 Å². The van der Waals surface area contributed by atoms with Crippen LogP contribution in [0.5, 0.6) is 0 Å². The summed E-state index contributed by atoms with van der Waals surface area (Å²) in [7, 11) is 1.75. The van der Waals surface area contributed by atoms with Gasteiger partial charge in [0.15, 0.2) is 11.3 Å². The first-order valence-corrected chi connectivity index (χ1v) is 7.27. The molecule has 3 rings (SSSR count). The van der Waals surface area contributed by atoms with Crippen molar-refractivity contribution in [3.05, 3.63) is 64.6 Å². The average Bonchev–Trinajstić information content (AvgIpc) is 2.86. The number of hydrogen-bond acceptors (Lipinski definition) is 3. The van der Waals surface area contributed by atoms with Gasteiger partial charge in [-0.1, -0.05) is 23.7 Å². The van der Waals surface area contributed by atoms with Crippen LogP contribution in [0, 0.1) is 6.92 Å². The third-order valence-electron chi connectivity index (χ3n) is 3.63. The third kappa shape index (κ3) is 2.57. The van der Waals surface area contributed by atoms with Crippen molar-refractivity contribution in [3.8, 4) is 0 Å². The number of amides is 1. The average molecular weight is 315 g/mol. The minimum atomic E-state index is -0.165. The molecule has 3 aromatic rings. The molecule has 0 aliphatic heterocycles. The summed E-state index contributed by atoms with van der Waals surface area (Å²) in [5.74, 6) is 0.168. The summed E-state index contributed by atoms with van der Waals surface area (Å²) < 4.78 is 5.71. The zero-order valence-corrected chi connectivity index (χ0v) is 13.1. The number of halogens is 1. The van der Waals surface area contributed by atoms with E-state index >= 15 is 0 Å². The van der Waals surface area contributed by atoms with Crippen molar-refractivity contribution in [1.29, 1.82) is 0 Å². The number of carbonyl (C=O) groups excluding carboxylic acids is 1. The first kappa shape index (κ1) is 14.6. The molecule has 1 amide bonds. The predicted octanol–water partition coefficient (Wildman–Crippen LogP) is 4.06.